The van der Waals surface area contributed by atoms with Gasteiger partial charge in [-0.2, -0.15) is 0 Å². The van der Waals surface area contributed by atoms with Crippen LogP contribution in [0.1, 0.15) is 22.3 Å². The zero-order chi connectivity index (χ0) is 40.5. The second kappa shape index (κ2) is 13.8. The Labute approximate surface area is 356 Å². The molecule has 3 heteroatoms. The normalized spacial score (nSPS) is 13.1. The van der Waals surface area contributed by atoms with Crippen molar-refractivity contribution in [3.8, 4) is 56.2 Å². The first-order chi connectivity index (χ1) is 30.1. The first kappa shape index (κ1) is 35.6. The lowest BCUT2D eigenvalue weighted by atomic mass is 9.69. The zero-order valence-corrected chi connectivity index (χ0v) is 34.3. The van der Waals surface area contributed by atoms with Crippen molar-refractivity contribution in [3.05, 3.63) is 247 Å². The van der Waals surface area contributed by atoms with Crippen LogP contribution in [-0.4, -0.2) is 16.3 Å². The maximum atomic E-state index is 5.67. The molecule has 0 saturated heterocycles. The summed E-state index contributed by atoms with van der Waals surface area (Å²) in [6.45, 7) is -2.07. The van der Waals surface area contributed by atoms with E-state index in [1.54, 1.807) is 0 Å². The van der Waals surface area contributed by atoms with Crippen LogP contribution in [0.15, 0.2) is 224 Å². The van der Waals surface area contributed by atoms with Gasteiger partial charge in [-0.1, -0.05) is 231 Å². The summed E-state index contributed by atoms with van der Waals surface area (Å²) in [5.74, 6) is 0.715. The lowest BCUT2D eigenvalue weighted by Crippen LogP contribution is -2.27. The highest BCUT2D eigenvalue weighted by Gasteiger charge is 2.54. The monoisotopic (exact) mass is 794 g/mol. The predicted octanol–water partition coefficient (Wildman–Crippen LogP) is 12.7. The molecule has 1 aromatic heterocycles. The topological polar surface area (TPSA) is 25.8 Å². The van der Waals surface area contributed by atoms with E-state index in [2.05, 4.69) is 224 Å². The maximum absolute atomic E-state index is 5.67. The Balaban J connectivity index is 1.02. The molecule has 0 fully saturated rings. The first-order valence-corrected chi connectivity index (χ1v) is 22.9. The molecule has 0 radical (unpaired) electrons. The Bertz CT molecular complexity index is 3280. The summed E-state index contributed by atoms with van der Waals surface area (Å²) < 4.78 is 0. The van der Waals surface area contributed by atoms with Gasteiger partial charge in [0.2, 0.25) is 0 Å². The van der Waals surface area contributed by atoms with Crippen LogP contribution in [0.4, 0.5) is 0 Å². The van der Waals surface area contributed by atoms with Crippen molar-refractivity contribution in [1.82, 2.24) is 9.97 Å². The highest BCUT2D eigenvalue weighted by Crippen LogP contribution is 2.64. The SMILES string of the molecule is C=P(c1ccccc1)(c1ccccc1)c1ccc(-c2ccc(-c3nc4c(c(-c5cccc6ccccc56)n3)C3(c5ccccc5-c5ccccc53)c3ccccc3-4)cc2)cc1. The Morgan fingerprint density at radius 2 is 0.754 bits per heavy atom. The van der Waals surface area contributed by atoms with Gasteiger partial charge in [-0.3, -0.25) is 0 Å². The Morgan fingerprint density at radius 1 is 0.344 bits per heavy atom. The molecule has 0 saturated carbocycles. The summed E-state index contributed by atoms with van der Waals surface area (Å²) in [5, 5.41) is 6.15. The van der Waals surface area contributed by atoms with Crippen LogP contribution < -0.4 is 15.9 Å². The number of benzene rings is 9. The maximum Gasteiger partial charge on any atom is 0.160 e. The molecule has 1 spiro atoms. The molecule has 286 valence electrons. The minimum atomic E-state index is -2.07. The van der Waals surface area contributed by atoms with Crippen molar-refractivity contribution in [2.45, 2.75) is 5.41 Å². The van der Waals surface area contributed by atoms with Gasteiger partial charge in [-0.05, 0) is 72.5 Å². The molecule has 0 atom stereocenters. The van der Waals surface area contributed by atoms with Crippen LogP contribution >= 0.6 is 6.89 Å². The number of hydrogen-bond donors (Lipinski definition) is 0. The predicted molar refractivity (Wildman–Crippen MR) is 258 cm³/mol. The van der Waals surface area contributed by atoms with Gasteiger partial charge in [0.25, 0.3) is 0 Å². The van der Waals surface area contributed by atoms with E-state index in [1.807, 2.05) is 0 Å². The standard InChI is InChI=1S/C58H39N2P/c1-61(43-19-4-2-5-20-43,44-21-6-3-7-22-44)45-37-35-40(36-38-45)39-31-33-42(34-32-39)57-59-55(49-27-16-18-41-17-8-9-23-46(41)49)54-56(60-57)50-26-12-15-30-53(50)58(54)51-28-13-10-24-47(51)48-25-11-14-29-52(48)58/h2-38H,1H2. The first-order valence-electron chi connectivity index (χ1n) is 20.9. The van der Waals surface area contributed by atoms with Crippen molar-refractivity contribution < 1.29 is 0 Å². The van der Waals surface area contributed by atoms with Gasteiger partial charge in [0, 0.05) is 22.3 Å². The number of rotatable bonds is 6. The van der Waals surface area contributed by atoms with E-state index in [-0.39, 0.29) is 0 Å². The zero-order valence-electron chi connectivity index (χ0n) is 33.4. The van der Waals surface area contributed by atoms with Crippen LogP contribution in [0.3, 0.4) is 0 Å². The van der Waals surface area contributed by atoms with E-state index in [0.29, 0.717) is 5.82 Å². The second-order valence-corrected chi connectivity index (χ2v) is 19.3. The van der Waals surface area contributed by atoms with E-state index in [0.717, 1.165) is 44.8 Å². The Morgan fingerprint density at radius 3 is 1.36 bits per heavy atom. The third-order valence-corrected chi connectivity index (χ3v) is 16.6. The highest BCUT2D eigenvalue weighted by molar-refractivity contribution is 7.93. The van der Waals surface area contributed by atoms with Gasteiger partial charge in [0.1, 0.15) is 0 Å². The summed E-state index contributed by atoms with van der Waals surface area (Å²) in [6, 6.07) is 81.3. The largest absolute Gasteiger partial charge is 0.228 e. The van der Waals surface area contributed by atoms with E-state index in [9.17, 15) is 0 Å². The van der Waals surface area contributed by atoms with Gasteiger partial charge < -0.3 is 0 Å². The molecular weight excluding hydrogens is 756 g/mol. The second-order valence-electron chi connectivity index (χ2n) is 16.1. The summed E-state index contributed by atoms with van der Waals surface area (Å²) in [5.41, 5.74) is 14.4. The van der Waals surface area contributed by atoms with Gasteiger partial charge in [-0.25, -0.2) is 9.97 Å². The third kappa shape index (κ3) is 5.23. The molecule has 1 heterocycles. The molecule has 0 bridgehead atoms. The van der Waals surface area contributed by atoms with E-state index < -0.39 is 12.3 Å². The van der Waals surface area contributed by atoms with Crippen molar-refractivity contribution in [2.75, 3.05) is 0 Å². The number of hydrogen-bond acceptors (Lipinski definition) is 2. The summed E-state index contributed by atoms with van der Waals surface area (Å²) >= 11 is 0. The molecule has 10 aromatic rings. The van der Waals surface area contributed by atoms with Crippen LogP contribution in [-0.2, 0) is 5.41 Å². The molecule has 0 unspecified atom stereocenters. The highest BCUT2D eigenvalue weighted by atomic mass is 31.2. The molecule has 2 aliphatic rings. The molecule has 9 aromatic carbocycles. The fourth-order valence-corrected chi connectivity index (χ4v) is 13.2. The van der Waals surface area contributed by atoms with Crippen LogP contribution in [0.25, 0.3) is 66.9 Å². The van der Waals surface area contributed by atoms with Gasteiger partial charge in [0.15, 0.2) is 5.82 Å². The Kier molecular flexibility index (Phi) is 8.07. The smallest absolute Gasteiger partial charge is 0.160 e. The minimum Gasteiger partial charge on any atom is -0.228 e. The summed E-state index contributed by atoms with van der Waals surface area (Å²) in [6.07, 6.45) is 4.96. The Hall–Kier alpha value is -7.38. The molecule has 61 heavy (non-hydrogen) atoms. The molecule has 2 aliphatic carbocycles. The fourth-order valence-electron chi connectivity index (χ4n) is 10.2. The number of nitrogens with zero attached hydrogens (tertiary/aromatic N) is 2. The lowest BCUT2D eigenvalue weighted by Gasteiger charge is -2.31. The van der Waals surface area contributed by atoms with Crippen molar-refractivity contribution in [3.63, 3.8) is 0 Å². The molecule has 0 N–H and O–H groups in total. The van der Waals surface area contributed by atoms with E-state index in [1.165, 1.54) is 54.5 Å². The van der Waals surface area contributed by atoms with E-state index in [4.69, 9.17) is 16.3 Å². The molecule has 0 amide bonds. The molecular formula is C58H39N2P. The summed E-state index contributed by atoms with van der Waals surface area (Å²) in [4.78, 5) is 11.2. The molecule has 0 aliphatic heterocycles. The van der Waals surface area contributed by atoms with Crippen LogP contribution in [0.2, 0.25) is 0 Å². The number of aromatic nitrogens is 2. The van der Waals surface area contributed by atoms with E-state index >= 15 is 0 Å². The average molecular weight is 795 g/mol. The fraction of sp³-hybridized carbons (Fsp3) is 0.0172. The average Bonchev–Trinajstić information content (AvgIpc) is 3.81. The number of fused-ring (bicyclic) bond motifs is 11. The van der Waals surface area contributed by atoms with Gasteiger partial charge in [0.05, 0.1) is 16.8 Å². The van der Waals surface area contributed by atoms with Gasteiger partial charge in [-0.15, -0.1) is 0 Å². The third-order valence-electron chi connectivity index (χ3n) is 13.0. The lowest BCUT2D eigenvalue weighted by molar-refractivity contribution is 0.788. The van der Waals surface area contributed by atoms with Crippen molar-refractivity contribution in [2.24, 2.45) is 0 Å². The quantitative estimate of drug-likeness (QED) is 0.157. The minimum absolute atomic E-state index is 0.575. The van der Waals surface area contributed by atoms with Gasteiger partial charge >= 0.3 is 0 Å². The van der Waals surface area contributed by atoms with Crippen molar-refractivity contribution >= 4 is 39.9 Å². The molecule has 2 nitrogen and oxygen atoms in total. The van der Waals surface area contributed by atoms with Crippen molar-refractivity contribution in [1.29, 1.82) is 0 Å². The van der Waals surface area contributed by atoms with Crippen LogP contribution in [0, 0.1) is 0 Å². The van der Waals surface area contributed by atoms with Crippen LogP contribution in [0.5, 0.6) is 0 Å². The molecule has 12 rings (SSSR count). The summed E-state index contributed by atoms with van der Waals surface area (Å²) in [7, 11) is 0.